The molecule has 1 fully saturated rings. The number of nitrogens with one attached hydrogen (secondary N) is 2. The third kappa shape index (κ3) is 5.74. The van der Waals surface area contributed by atoms with Crippen LogP contribution in [0.1, 0.15) is 12.5 Å². The summed E-state index contributed by atoms with van der Waals surface area (Å²) in [4.78, 5) is 30.2. The lowest BCUT2D eigenvalue weighted by atomic mass is 10.2. The maximum atomic E-state index is 12.9. The van der Waals surface area contributed by atoms with Crippen LogP contribution in [0.3, 0.4) is 0 Å². The molecule has 0 bridgehead atoms. The maximum absolute atomic E-state index is 12.9. The van der Waals surface area contributed by atoms with Gasteiger partial charge in [0.15, 0.2) is 6.04 Å². The van der Waals surface area contributed by atoms with E-state index in [-0.39, 0.29) is 24.4 Å². The highest BCUT2D eigenvalue weighted by atomic mass is 35.5. The molecule has 1 atom stereocenters. The van der Waals surface area contributed by atoms with Crippen LogP contribution in [0.25, 0.3) is 0 Å². The van der Waals surface area contributed by atoms with Crippen molar-refractivity contribution >= 4 is 34.8 Å². The van der Waals surface area contributed by atoms with Gasteiger partial charge >= 0.3 is 0 Å². The number of piperazine rings is 1. The van der Waals surface area contributed by atoms with Crippen LogP contribution in [-0.2, 0) is 9.59 Å². The number of likely N-dealkylation sites (N-methyl/N-ethyl adjacent to an activating group) is 1. The number of anilines is 2. The van der Waals surface area contributed by atoms with E-state index in [0.717, 1.165) is 48.1 Å². The minimum Gasteiger partial charge on any atom is -0.360 e. The fraction of sp³-hybridized carbons (Fsp3) is 0.391. The Labute approximate surface area is 183 Å². The zero-order chi connectivity index (χ0) is 21.7. The Hall–Kier alpha value is -2.57. The van der Waals surface area contributed by atoms with Crippen LogP contribution in [0.2, 0.25) is 5.02 Å². The van der Waals surface area contributed by atoms with Gasteiger partial charge in [-0.25, -0.2) is 0 Å². The second-order valence-electron chi connectivity index (χ2n) is 7.96. The molecule has 0 aromatic heterocycles. The van der Waals surface area contributed by atoms with E-state index in [9.17, 15) is 9.59 Å². The van der Waals surface area contributed by atoms with Gasteiger partial charge in [0, 0.05) is 23.4 Å². The molecular weight excluding hydrogens is 400 g/mol. The Bertz CT molecular complexity index is 879. The molecule has 1 aliphatic rings. The van der Waals surface area contributed by atoms with Crippen LogP contribution in [0.4, 0.5) is 11.4 Å². The Balaban J connectivity index is 1.48. The van der Waals surface area contributed by atoms with Gasteiger partial charge in [-0.3, -0.25) is 9.59 Å². The highest BCUT2D eigenvalue weighted by Gasteiger charge is 2.31. The Kier molecular flexibility index (Phi) is 7.34. The van der Waals surface area contributed by atoms with Gasteiger partial charge < -0.3 is 20.0 Å². The smallest absolute Gasteiger partial charge is 0.280 e. The predicted octanol–water partition coefficient (Wildman–Crippen LogP) is 1.84. The van der Waals surface area contributed by atoms with Crippen molar-refractivity contribution in [3.05, 3.63) is 59.1 Å². The molecule has 0 saturated carbocycles. The summed E-state index contributed by atoms with van der Waals surface area (Å²) >= 11 is 6.10. The first kappa shape index (κ1) is 22.1. The first-order valence-electron chi connectivity index (χ1n) is 10.3. The molecule has 2 N–H and O–H groups in total. The molecule has 30 heavy (non-hydrogen) atoms. The van der Waals surface area contributed by atoms with Crippen molar-refractivity contribution in [2.45, 2.75) is 19.9 Å². The maximum Gasteiger partial charge on any atom is 0.280 e. The molecule has 3 rings (SSSR count). The summed E-state index contributed by atoms with van der Waals surface area (Å²) in [5.74, 6) is -0.206. The number of hydrogen-bond donors (Lipinski definition) is 2. The topological polar surface area (TPSA) is 57.1 Å². The minimum atomic E-state index is -0.192. The number of amides is 2. The van der Waals surface area contributed by atoms with Crippen molar-refractivity contribution in [3.8, 4) is 0 Å². The van der Waals surface area contributed by atoms with Gasteiger partial charge in [0.1, 0.15) is 0 Å². The molecule has 1 saturated heterocycles. The van der Waals surface area contributed by atoms with Crippen LogP contribution >= 0.6 is 11.6 Å². The van der Waals surface area contributed by atoms with Gasteiger partial charge in [0.2, 0.25) is 5.91 Å². The molecule has 2 amide bonds. The molecule has 0 unspecified atom stereocenters. The van der Waals surface area contributed by atoms with Crippen molar-refractivity contribution in [3.63, 3.8) is 0 Å². The van der Waals surface area contributed by atoms with Gasteiger partial charge in [-0.05, 0) is 44.2 Å². The molecule has 7 heteroatoms. The molecule has 2 aromatic carbocycles. The van der Waals surface area contributed by atoms with E-state index >= 15 is 0 Å². The van der Waals surface area contributed by atoms with Crippen LogP contribution in [0.15, 0.2) is 48.5 Å². The van der Waals surface area contributed by atoms with Gasteiger partial charge in [-0.2, -0.15) is 0 Å². The second-order valence-corrected chi connectivity index (χ2v) is 8.39. The monoisotopic (exact) mass is 429 g/mol. The highest BCUT2D eigenvalue weighted by molar-refractivity contribution is 6.30. The quantitative estimate of drug-likeness (QED) is 0.736. The van der Waals surface area contributed by atoms with Gasteiger partial charge in [0.25, 0.3) is 5.91 Å². The third-order valence-corrected chi connectivity index (χ3v) is 5.89. The lowest BCUT2D eigenvalue weighted by Gasteiger charge is -2.36. The zero-order valence-corrected chi connectivity index (χ0v) is 18.6. The molecular formula is C23H30ClN4O2+. The average Bonchev–Trinajstić information content (AvgIpc) is 2.74. The summed E-state index contributed by atoms with van der Waals surface area (Å²) in [7, 11) is 1.69. The van der Waals surface area contributed by atoms with Crippen molar-refractivity contribution in [1.29, 1.82) is 0 Å². The van der Waals surface area contributed by atoms with Crippen molar-refractivity contribution in [2.75, 3.05) is 50.0 Å². The fourth-order valence-electron chi connectivity index (χ4n) is 3.79. The Morgan fingerprint density at radius 2 is 1.83 bits per heavy atom. The predicted molar refractivity (Wildman–Crippen MR) is 121 cm³/mol. The molecule has 6 nitrogen and oxygen atoms in total. The number of aryl methyl sites for hydroxylation is 1. The number of quaternary nitrogens is 1. The van der Waals surface area contributed by atoms with Crippen LogP contribution in [0, 0.1) is 6.92 Å². The van der Waals surface area contributed by atoms with Crippen molar-refractivity contribution in [1.82, 2.24) is 4.90 Å². The number of carbonyl (C=O) groups is 2. The van der Waals surface area contributed by atoms with E-state index in [4.69, 9.17) is 11.6 Å². The molecule has 160 valence electrons. The first-order chi connectivity index (χ1) is 14.3. The van der Waals surface area contributed by atoms with Crippen LogP contribution in [0.5, 0.6) is 0 Å². The fourth-order valence-corrected chi connectivity index (χ4v) is 3.98. The van der Waals surface area contributed by atoms with E-state index in [1.165, 1.54) is 9.80 Å². The molecule has 0 aliphatic carbocycles. The molecule has 2 aromatic rings. The van der Waals surface area contributed by atoms with Gasteiger partial charge in [-0.1, -0.05) is 35.4 Å². The first-order valence-corrected chi connectivity index (χ1v) is 10.7. The average molecular weight is 430 g/mol. The number of nitrogens with zero attached hydrogens (tertiary/aromatic N) is 2. The second kappa shape index (κ2) is 9.96. The lowest BCUT2D eigenvalue weighted by molar-refractivity contribution is -0.915. The zero-order valence-electron chi connectivity index (χ0n) is 17.8. The third-order valence-electron chi connectivity index (χ3n) is 5.65. The van der Waals surface area contributed by atoms with E-state index in [1.54, 1.807) is 7.05 Å². The molecule has 0 spiro atoms. The number of rotatable bonds is 6. The molecule has 1 aliphatic heterocycles. The number of hydrogen-bond acceptors (Lipinski definition) is 3. The van der Waals surface area contributed by atoms with E-state index < -0.39 is 0 Å². The van der Waals surface area contributed by atoms with E-state index in [0.29, 0.717) is 0 Å². The summed E-state index contributed by atoms with van der Waals surface area (Å²) < 4.78 is 0. The number of halogens is 1. The highest BCUT2D eigenvalue weighted by Crippen LogP contribution is 2.19. The molecule has 1 heterocycles. The molecule has 0 radical (unpaired) electrons. The van der Waals surface area contributed by atoms with E-state index in [2.05, 4.69) is 16.3 Å². The minimum absolute atomic E-state index is 0.0136. The summed E-state index contributed by atoms with van der Waals surface area (Å²) in [6, 6.07) is 15.3. The van der Waals surface area contributed by atoms with Crippen molar-refractivity contribution < 1.29 is 14.5 Å². The Morgan fingerprint density at radius 3 is 2.47 bits per heavy atom. The largest absolute Gasteiger partial charge is 0.360 e. The standard InChI is InChI=1S/C23H29ClN4O2/c1-17-7-9-20(10-8-17)25-22(29)16-26(3)23(30)18(2)27-11-13-28(14-12-27)21-6-4-5-19(24)15-21/h4-10,15,18H,11-14,16H2,1-3H3,(H,25,29)/p+1/t18-/m1/s1. The number of carbonyl (C=O) groups excluding carboxylic acids is 2. The summed E-state index contributed by atoms with van der Waals surface area (Å²) in [5.41, 5.74) is 2.99. The summed E-state index contributed by atoms with van der Waals surface area (Å²) in [6.07, 6.45) is 0. The van der Waals surface area contributed by atoms with Crippen LogP contribution in [-0.4, -0.2) is 62.5 Å². The van der Waals surface area contributed by atoms with E-state index in [1.807, 2.05) is 56.3 Å². The van der Waals surface area contributed by atoms with Gasteiger partial charge in [0.05, 0.1) is 32.7 Å². The normalized spacial score (nSPS) is 15.5. The number of benzene rings is 2. The van der Waals surface area contributed by atoms with Gasteiger partial charge in [-0.15, -0.1) is 0 Å². The lowest BCUT2D eigenvalue weighted by Crippen LogP contribution is -3.19. The van der Waals surface area contributed by atoms with Crippen LogP contribution < -0.4 is 15.1 Å². The summed E-state index contributed by atoms with van der Waals surface area (Å²) in [6.45, 7) is 7.44. The summed E-state index contributed by atoms with van der Waals surface area (Å²) in [5, 5.41) is 3.58. The Morgan fingerprint density at radius 1 is 1.17 bits per heavy atom. The SMILES string of the molecule is Cc1ccc(NC(=O)CN(C)C(=O)[C@@H](C)[NH+]2CCN(c3cccc(Cl)c3)CC2)cc1. The van der Waals surface area contributed by atoms with Crippen molar-refractivity contribution in [2.24, 2.45) is 0 Å².